The fourth-order valence-corrected chi connectivity index (χ4v) is 3.12. The minimum Gasteiger partial charge on any atom is -0.444 e. The van der Waals surface area contributed by atoms with E-state index in [1.807, 2.05) is 6.92 Å². The van der Waals surface area contributed by atoms with Crippen molar-refractivity contribution in [3.05, 3.63) is 17.8 Å². The van der Waals surface area contributed by atoms with E-state index in [0.717, 1.165) is 19.3 Å². The Morgan fingerprint density at radius 2 is 2.29 bits per heavy atom. The Kier molecular flexibility index (Phi) is 6.33. The van der Waals surface area contributed by atoms with Crippen LogP contribution in [-0.2, 0) is 9.59 Å². The molecule has 1 aromatic rings. The number of nitrogens with one attached hydrogen (secondary N) is 1. The molecule has 3 atom stereocenters. The maximum Gasteiger partial charge on any atom is 0.272 e. The molecule has 0 bridgehead atoms. The summed E-state index contributed by atoms with van der Waals surface area (Å²) in [7, 11) is 0. The van der Waals surface area contributed by atoms with Gasteiger partial charge in [0.15, 0.2) is 0 Å². The Morgan fingerprint density at radius 1 is 1.54 bits per heavy atom. The molecule has 8 nitrogen and oxygen atoms in total. The van der Waals surface area contributed by atoms with E-state index in [1.54, 1.807) is 18.0 Å². The summed E-state index contributed by atoms with van der Waals surface area (Å²) in [6.45, 7) is 4.28. The lowest BCUT2D eigenvalue weighted by Crippen LogP contribution is -2.46. The van der Waals surface area contributed by atoms with Gasteiger partial charge in [0, 0.05) is 6.54 Å². The van der Waals surface area contributed by atoms with Gasteiger partial charge in [0.25, 0.3) is 5.91 Å². The number of likely N-dealkylation sites (tertiary alicyclic amines) is 1. The van der Waals surface area contributed by atoms with Crippen LogP contribution in [0.2, 0.25) is 0 Å². The maximum absolute atomic E-state index is 12.9. The summed E-state index contributed by atoms with van der Waals surface area (Å²) in [5.74, 6) is -1.01. The summed E-state index contributed by atoms with van der Waals surface area (Å²) >= 11 is 0. The van der Waals surface area contributed by atoms with E-state index < -0.39 is 17.9 Å². The smallest absolute Gasteiger partial charge is 0.272 e. The standard InChI is InChI=1S/C16H25N3O5/c1-3-4-6-11(13(20)14(21)18-23)16(22)19-8-5-7-12(19)15-17-9-10(2)24-15/h9,11-13,20,23H,3-8H2,1-2H3,(H,18,21). The van der Waals surface area contributed by atoms with Crippen LogP contribution in [0.25, 0.3) is 0 Å². The summed E-state index contributed by atoms with van der Waals surface area (Å²) in [5, 5.41) is 18.9. The van der Waals surface area contributed by atoms with Crippen molar-refractivity contribution in [2.24, 2.45) is 5.92 Å². The number of amides is 2. The third-order valence-corrected chi connectivity index (χ3v) is 4.41. The molecule has 1 fully saturated rings. The fourth-order valence-electron chi connectivity index (χ4n) is 3.12. The van der Waals surface area contributed by atoms with Crippen LogP contribution in [0.5, 0.6) is 0 Å². The first-order valence-electron chi connectivity index (χ1n) is 8.34. The topological polar surface area (TPSA) is 116 Å². The molecule has 1 aliphatic heterocycles. The molecule has 0 aromatic carbocycles. The van der Waals surface area contributed by atoms with Gasteiger partial charge in [-0.05, 0) is 26.2 Å². The number of carbonyl (C=O) groups excluding carboxylic acids is 2. The van der Waals surface area contributed by atoms with E-state index in [1.165, 1.54) is 5.48 Å². The second kappa shape index (κ2) is 8.25. The van der Waals surface area contributed by atoms with Crippen LogP contribution in [-0.4, -0.2) is 44.7 Å². The highest BCUT2D eigenvalue weighted by Crippen LogP contribution is 2.34. The summed E-state index contributed by atoms with van der Waals surface area (Å²) in [4.78, 5) is 30.3. The Morgan fingerprint density at radius 3 is 2.88 bits per heavy atom. The van der Waals surface area contributed by atoms with Gasteiger partial charge < -0.3 is 14.4 Å². The zero-order valence-corrected chi connectivity index (χ0v) is 14.1. The minimum atomic E-state index is -1.58. The maximum atomic E-state index is 12.9. The number of hydrogen-bond donors (Lipinski definition) is 3. The van der Waals surface area contributed by atoms with E-state index >= 15 is 0 Å². The van der Waals surface area contributed by atoms with Gasteiger partial charge in [-0.3, -0.25) is 14.8 Å². The van der Waals surface area contributed by atoms with Crippen molar-refractivity contribution in [3.63, 3.8) is 0 Å². The highest BCUT2D eigenvalue weighted by molar-refractivity contribution is 5.89. The number of hydroxylamine groups is 1. The van der Waals surface area contributed by atoms with E-state index in [2.05, 4.69) is 4.98 Å². The number of carbonyl (C=O) groups is 2. The van der Waals surface area contributed by atoms with E-state index in [4.69, 9.17) is 9.62 Å². The Balaban J connectivity index is 2.18. The summed E-state index contributed by atoms with van der Waals surface area (Å²) in [6.07, 6.45) is 3.47. The first-order valence-corrected chi connectivity index (χ1v) is 8.34. The molecule has 1 aromatic heterocycles. The molecule has 0 spiro atoms. The lowest BCUT2D eigenvalue weighted by Gasteiger charge is -2.29. The van der Waals surface area contributed by atoms with Gasteiger partial charge in [0.1, 0.15) is 17.9 Å². The molecule has 0 aliphatic carbocycles. The second-order valence-electron chi connectivity index (χ2n) is 6.17. The molecular formula is C16H25N3O5. The summed E-state index contributed by atoms with van der Waals surface area (Å²) in [5.41, 5.74) is 1.42. The Hall–Kier alpha value is -1.93. The number of unbranched alkanes of at least 4 members (excludes halogenated alkanes) is 1. The second-order valence-corrected chi connectivity index (χ2v) is 6.17. The van der Waals surface area contributed by atoms with Crippen molar-refractivity contribution in [1.82, 2.24) is 15.4 Å². The zero-order chi connectivity index (χ0) is 17.7. The number of aliphatic hydroxyl groups is 1. The lowest BCUT2D eigenvalue weighted by atomic mass is 9.93. The predicted molar refractivity (Wildman–Crippen MR) is 83.9 cm³/mol. The molecule has 0 saturated carbocycles. The van der Waals surface area contributed by atoms with Crippen LogP contribution in [0.1, 0.15) is 56.7 Å². The SMILES string of the molecule is CCCCC(C(=O)N1CCCC1c1ncc(C)o1)C(O)C(=O)NO. The molecule has 2 heterocycles. The normalized spacial score (nSPS) is 20.0. The van der Waals surface area contributed by atoms with Crippen LogP contribution in [0.15, 0.2) is 10.6 Å². The van der Waals surface area contributed by atoms with Crippen molar-refractivity contribution in [1.29, 1.82) is 0 Å². The first-order chi connectivity index (χ1) is 11.5. The van der Waals surface area contributed by atoms with Crippen molar-refractivity contribution in [3.8, 4) is 0 Å². The van der Waals surface area contributed by atoms with Crippen LogP contribution >= 0.6 is 0 Å². The molecule has 0 radical (unpaired) electrons. The zero-order valence-electron chi connectivity index (χ0n) is 14.1. The summed E-state index contributed by atoms with van der Waals surface area (Å²) < 4.78 is 5.55. The molecule has 3 N–H and O–H groups in total. The van der Waals surface area contributed by atoms with Crippen LogP contribution in [0.3, 0.4) is 0 Å². The highest BCUT2D eigenvalue weighted by Gasteiger charge is 2.40. The molecule has 1 saturated heterocycles. The quantitative estimate of drug-likeness (QED) is 0.510. The van der Waals surface area contributed by atoms with E-state index in [9.17, 15) is 14.7 Å². The predicted octanol–water partition coefficient (Wildman–Crippen LogP) is 1.32. The van der Waals surface area contributed by atoms with Crippen molar-refractivity contribution >= 4 is 11.8 Å². The van der Waals surface area contributed by atoms with Gasteiger partial charge in [0.05, 0.1) is 12.1 Å². The van der Waals surface area contributed by atoms with Gasteiger partial charge in [0.2, 0.25) is 11.8 Å². The number of aryl methyl sites for hydroxylation is 1. The first kappa shape index (κ1) is 18.4. The third kappa shape index (κ3) is 3.93. The Bertz CT molecular complexity index is 574. The molecular weight excluding hydrogens is 314 g/mol. The number of rotatable bonds is 7. The third-order valence-electron chi connectivity index (χ3n) is 4.41. The molecule has 2 rings (SSSR count). The number of oxazole rings is 1. The van der Waals surface area contributed by atoms with Crippen LogP contribution in [0.4, 0.5) is 0 Å². The van der Waals surface area contributed by atoms with Crippen LogP contribution in [0, 0.1) is 12.8 Å². The van der Waals surface area contributed by atoms with E-state index in [-0.39, 0.29) is 11.9 Å². The molecule has 1 aliphatic rings. The molecule has 134 valence electrons. The fraction of sp³-hybridized carbons (Fsp3) is 0.688. The molecule has 24 heavy (non-hydrogen) atoms. The van der Waals surface area contributed by atoms with Gasteiger partial charge >= 0.3 is 0 Å². The van der Waals surface area contributed by atoms with Gasteiger partial charge in [-0.15, -0.1) is 0 Å². The number of aliphatic hydroxyl groups excluding tert-OH is 1. The number of nitrogens with zero attached hydrogens (tertiary/aromatic N) is 2. The monoisotopic (exact) mass is 339 g/mol. The molecule has 8 heteroatoms. The van der Waals surface area contributed by atoms with Crippen molar-refractivity contribution < 1.29 is 24.3 Å². The highest BCUT2D eigenvalue weighted by atomic mass is 16.5. The number of hydrogen-bond acceptors (Lipinski definition) is 6. The lowest BCUT2D eigenvalue weighted by molar-refractivity contribution is -0.151. The Labute approximate surface area is 140 Å². The molecule has 2 amide bonds. The number of aromatic nitrogens is 1. The van der Waals surface area contributed by atoms with E-state index in [0.29, 0.717) is 31.0 Å². The molecule has 3 unspecified atom stereocenters. The van der Waals surface area contributed by atoms with Gasteiger partial charge in [-0.2, -0.15) is 0 Å². The van der Waals surface area contributed by atoms with Gasteiger partial charge in [-0.1, -0.05) is 19.8 Å². The average molecular weight is 339 g/mol. The summed E-state index contributed by atoms with van der Waals surface area (Å²) in [6, 6.07) is -0.278. The van der Waals surface area contributed by atoms with Crippen LogP contribution < -0.4 is 5.48 Å². The van der Waals surface area contributed by atoms with Gasteiger partial charge in [-0.25, -0.2) is 10.5 Å². The average Bonchev–Trinajstić information content (AvgIpc) is 3.22. The minimum absolute atomic E-state index is 0.278. The van der Waals surface area contributed by atoms with Crippen molar-refractivity contribution in [2.75, 3.05) is 6.54 Å². The largest absolute Gasteiger partial charge is 0.444 e. The van der Waals surface area contributed by atoms with Crippen molar-refractivity contribution in [2.45, 2.75) is 58.1 Å².